The molecule has 1 aliphatic heterocycles. The van der Waals surface area contributed by atoms with Crippen LogP contribution in [0.3, 0.4) is 0 Å². The van der Waals surface area contributed by atoms with Crippen LogP contribution >= 0.6 is 0 Å². The molecule has 0 spiro atoms. The number of carbonyl (C=O) groups excluding carboxylic acids is 1. The van der Waals surface area contributed by atoms with Gasteiger partial charge < -0.3 is 16.0 Å². The third-order valence-electron chi connectivity index (χ3n) is 2.73. The number of fused-ring (bicyclic) bond motifs is 1. The Labute approximate surface area is 82.7 Å². The van der Waals surface area contributed by atoms with Crippen LogP contribution in [0.1, 0.15) is 6.92 Å². The highest BCUT2D eigenvalue weighted by atomic mass is 16.2. The van der Waals surface area contributed by atoms with E-state index in [0.29, 0.717) is 0 Å². The maximum atomic E-state index is 11.3. The molecular formula is C10H12N3O. The predicted octanol–water partition coefficient (Wildman–Crippen LogP) is 0.550. The molecule has 1 atom stereocenters. The lowest BCUT2D eigenvalue weighted by atomic mass is 10.2. The van der Waals surface area contributed by atoms with Gasteiger partial charge in [-0.25, -0.2) is 0 Å². The summed E-state index contributed by atoms with van der Waals surface area (Å²) in [6.45, 7) is 1.76. The van der Waals surface area contributed by atoms with E-state index in [4.69, 9.17) is 5.73 Å². The Morgan fingerprint density at radius 1 is 1.71 bits per heavy atom. The number of nitrogens with one attached hydrogen (secondary N) is 1. The quantitative estimate of drug-likeness (QED) is 0.680. The SMILES string of the molecule is CN1c2c[c]ccc2NC1(C)C(N)=O. The third kappa shape index (κ3) is 0.968. The highest BCUT2D eigenvalue weighted by Crippen LogP contribution is 2.37. The fraction of sp³-hybridized carbons (Fsp3) is 0.300. The number of hydrogen-bond donors (Lipinski definition) is 2. The van der Waals surface area contributed by atoms with Crippen LogP contribution in [0.2, 0.25) is 0 Å². The van der Waals surface area contributed by atoms with Gasteiger partial charge in [-0.05, 0) is 25.1 Å². The van der Waals surface area contributed by atoms with Gasteiger partial charge in [0.15, 0.2) is 5.66 Å². The lowest BCUT2D eigenvalue weighted by Gasteiger charge is -2.30. The van der Waals surface area contributed by atoms with Gasteiger partial charge in [-0.2, -0.15) is 0 Å². The first-order valence-corrected chi connectivity index (χ1v) is 4.38. The number of nitrogens with two attached hydrogens (primary N) is 1. The summed E-state index contributed by atoms with van der Waals surface area (Å²) in [4.78, 5) is 13.1. The standard InChI is InChI=1S/C10H12N3O/c1-10(9(11)14)12-7-5-3-4-6-8(7)13(10)2/h3,5-6,12H,1-2H3,(H2,11,14). The van der Waals surface area contributed by atoms with Gasteiger partial charge in [0.25, 0.3) is 5.91 Å². The fourth-order valence-electron chi connectivity index (χ4n) is 1.62. The van der Waals surface area contributed by atoms with E-state index < -0.39 is 11.6 Å². The molecule has 14 heavy (non-hydrogen) atoms. The van der Waals surface area contributed by atoms with Gasteiger partial charge >= 0.3 is 0 Å². The van der Waals surface area contributed by atoms with E-state index >= 15 is 0 Å². The molecule has 73 valence electrons. The zero-order valence-corrected chi connectivity index (χ0v) is 8.16. The number of rotatable bonds is 1. The molecule has 0 bridgehead atoms. The monoisotopic (exact) mass is 190 g/mol. The lowest BCUT2D eigenvalue weighted by molar-refractivity contribution is -0.121. The zero-order chi connectivity index (χ0) is 10.3. The third-order valence-corrected chi connectivity index (χ3v) is 2.73. The van der Waals surface area contributed by atoms with E-state index in [9.17, 15) is 4.79 Å². The second-order valence-corrected chi connectivity index (χ2v) is 3.56. The minimum atomic E-state index is -0.836. The summed E-state index contributed by atoms with van der Waals surface area (Å²) in [6, 6.07) is 8.47. The van der Waals surface area contributed by atoms with Crippen molar-refractivity contribution in [1.82, 2.24) is 0 Å². The summed E-state index contributed by atoms with van der Waals surface area (Å²) in [6.07, 6.45) is 0. The number of anilines is 2. The summed E-state index contributed by atoms with van der Waals surface area (Å²) >= 11 is 0. The average molecular weight is 190 g/mol. The van der Waals surface area contributed by atoms with Crippen LogP contribution in [-0.4, -0.2) is 18.6 Å². The highest BCUT2D eigenvalue weighted by molar-refractivity contribution is 5.96. The maximum absolute atomic E-state index is 11.3. The van der Waals surface area contributed by atoms with Crippen LogP contribution in [-0.2, 0) is 4.79 Å². The van der Waals surface area contributed by atoms with E-state index in [2.05, 4.69) is 11.4 Å². The Balaban J connectivity index is 2.48. The number of nitrogens with zero attached hydrogens (tertiary/aromatic N) is 1. The number of amides is 1. The lowest BCUT2D eigenvalue weighted by Crippen LogP contribution is -2.56. The predicted molar refractivity (Wildman–Crippen MR) is 54.9 cm³/mol. The number of carbonyl (C=O) groups is 1. The van der Waals surface area contributed by atoms with Crippen molar-refractivity contribution in [2.45, 2.75) is 12.6 Å². The van der Waals surface area contributed by atoms with Gasteiger partial charge in [0.2, 0.25) is 0 Å². The number of primary amides is 1. The molecule has 0 saturated heterocycles. The first-order chi connectivity index (χ1) is 6.55. The van der Waals surface area contributed by atoms with Crippen molar-refractivity contribution >= 4 is 17.3 Å². The molecule has 3 N–H and O–H groups in total. The largest absolute Gasteiger partial charge is 0.366 e. The molecular weight excluding hydrogens is 178 g/mol. The molecule has 0 aliphatic carbocycles. The Kier molecular flexibility index (Phi) is 1.67. The maximum Gasteiger partial charge on any atom is 0.263 e. The van der Waals surface area contributed by atoms with Crippen LogP contribution in [0.15, 0.2) is 18.2 Å². The van der Waals surface area contributed by atoms with Crippen molar-refractivity contribution in [1.29, 1.82) is 0 Å². The van der Waals surface area contributed by atoms with E-state index in [1.807, 2.05) is 24.1 Å². The second-order valence-electron chi connectivity index (χ2n) is 3.56. The molecule has 1 aliphatic rings. The van der Waals surface area contributed by atoms with Crippen LogP contribution in [0, 0.1) is 6.07 Å². The topological polar surface area (TPSA) is 58.4 Å². The molecule has 4 nitrogen and oxygen atoms in total. The van der Waals surface area contributed by atoms with E-state index in [1.165, 1.54) is 0 Å². The molecule has 1 aromatic carbocycles. The molecule has 2 rings (SSSR count). The number of benzene rings is 1. The highest BCUT2D eigenvalue weighted by Gasteiger charge is 2.41. The summed E-state index contributed by atoms with van der Waals surface area (Å²) in [5, 5.41) is 3.09. The summed E-state index contributed by atoms with van der Waals surface area (Å²) in [5.41, 5.74) is 6.36. The van der Waals surface area contributed by atoms with E-state index in [0.717, 1.165) is 11.4 Å². The zero-order valence-electron chi connectivity index (χ0n) is 8.16. The van der Waals surface area contributed by atoms with E-state index in [-0.39, 0.29) is 0 Å². The fourth-order valence-corrected chi connectivity index (χ4v) is 1.62. The van der Waals surface area contributed by atoms with Crippen molar-refractivity contribution in [2.24, 2.45) is 5.73 Å². The molecule has 0 saturated carbocycles. The van der Waals surface area contributed by atoms with Gasteiger partial charge in [-0.15, -0.1) is 0 Å². The molecule has 1 aromatic rings. The van der Waals surface area contributed by atoms with Crippen LogP contribution in [0.4, 0.5) is 11.4 Å². The van der Waals surface area contributed by atoms with Crippen molar-refractivity contribution in [3.8, 4) is 0 Å². The van der Waals surface area contributed by atoms with Crippen molar-refractivity contribution in [3.05, 3.63) is 24.3 Å². The van der Waals surface area contributed by atoms with Crippen LogP contribution < -0.4 is 16.0 Å². The minimum absolute atomic E-state index is 0.392. The summed E-state index contributed by atoms with van der Waals surface area (Å²) < 4.78 is 0. The first-order valence-electron chi connectivity index (χ1n) is 4.38. The van der Waals surface area contributed by atoms with E-state index in [1.54, 1.807) is 13.0 Å². The van der Waals surface area contributed by atoms with Crippen LogP contribution in [0.25, 0.3) is 0 Å². The van der Waals surface area contributed by atoms with Gasteiger partial charge in [0.05, 0.1) is 11.4 Å². The van der Waals surface area contributed by atoms with Gasteiger partial charge in [0, 0.05) is 7.05 Å². The van der Waals surface area contributed by atoms with Gasteiger partial charge in [-0.3, -0.25) is 4.79 Å². The summed E-state index contributed by atoms with van der Waals surface area (Å²) in [7, 11) is 1.83. The molecule has 4 heteroatoms. The minimum Gasteiger partial charge on any atom is -0.366 e. The Morgan fingerprint density at radius 3 is 3.00 bits per heavy atom. The smallest absolute Gasteiger partial charge is 0.263 e. The summed E-state index contributed by atoms with van der Waals surface area (Å²) in [5.74, 6) is -0.392. The Morgan fingerprint density at radius 2 is 2.43 bits per heavy atom. The molecule has 1 amide bonds. The van der Waals surface area contributed by atoms with Gasteiger partial charge in [-0.1, -0.05) is 6.07 Å². The second kappa shape index (κ2) is 2.64. The van der Waals surface area contributed by atoms with Crippen LogP contribution in [0.5, 0.6) is 0 Å². The number of hydrogen-bond acceptors (Lipinski definition) is 3. The van der Waals surface area contributed by atoms with Crippen molar-refractivity contribution < 1.29 is 4.79 Å². The molecule has 1 unspecified atom stereocenters. The Bertz CT molecular complexity index is 391. The number of likely N-dealkylation sites (N-methyl/N-ethyl adjacent to an activating group) is 1. The average Bonchev–Trinajstić information content (AvgIpc) is 2.42. The molecule has 1 radical (unpaired) electrons. The molecule has 1 heterocycles. The van der Waals surface area contributed by atoms with Crippen molar-refractivity contribution in [3.63, 3.8) is 0 Å². The Hall–Kier alpha value is -1.71. The normalized spacial score (nSPS) is 24.3. The molecule has 0 aromatic heterocycles. The molecule has 0 fully saturated rings. The van der Waals surface area contributed by atoms with Gasteiger partial charge in [0.1, 0.15) is 0 Å². The first kappa shape index (κ1) is 8.87. The van der Waals surface area contributed by atoms with Crippen molar-refractivity contribution in [2.75, 3.05) is 17.3 Å².